The Balaban J connectivity index is 3.05. The molecule has 0 heterocycles. The molecule has 7 heteroatoms. The van der Waals surface area contributed by atoms with E-state index in [-0.39, 0.29) is 10.5 Å². The van der Waals surface area contributed by atoms with Crippen molar-refractivity contribution in [1.82, 2.24) is 9.21 Å². The first-order chi connectivity index (χ1) is 9.82. The Bertz CT molecular complexity index is 620. The smallest absolute Gasteiger partial charge is 0.244 e. The molecule has 0 aromatic heterocycles. The highest BCUT2D eigenvalue weighted by molar-refractivity contribution is 7.89. The Morgan fingerprint density at radius 3 is 2.48 bits per heavy atom. The van der Waals surface area contributed by atoms with Crippen molar-refractivity contribution in [3.8, 4) is 6.07 Å². The Labute approximate surface area is 126 Å². The van der Waals surface area contributed by atoms with Gasteiger partial charge < -0.3 is 10.6 Å². The predicted molar refractivity (Wildman–Crippen MR) is 83.2 cm³/mol. The van der Waals surface area contributed by atoms with Crippen LogP contribution in [-0.2, 0) is 10.0 Å². The van der Waals surface area contributed by atoms with E-state index in [1.807, 2.05) is 25.1 Å². The van der Waals surface area contributed by atoms with E-state index >= 15 is 0 Å². The van der Waals surface area contributed by atoms with Gasteiger partial charge in [0.2, 0.25) is 10.0 Å². The molecule has 0 amide bonds. The summed E-state index contributed by atoms with van der Waals surface area (Å²) in [7, 11) is 0.214. The molecule has 1 aromatic rings. The topological polar surface area (TPSA) is 90.4 Å². The first-order valence-electron chi connectivity index (χ1n) is 6.77. The molecule has 2 N–H and O–H groups in total. The van der Waals surface area contributed by atoms with Crippen molar-refractivity contribution >= 4 is 15.7 Å². The average molecular weight is 310 g/mol. The number of nitrogen functional groups attached to an aromatic ring is 1. The molecular weight excluding hydrogens is 288 g/mol. The molecule has 0 spiro atoms. The molecule has 0 saturated carbocycles. The number of hydrogen-bond donors (Lipinski definition) is 1. The number of rotatable bonds is 7. The second kappa shape index (κ2) is 7.41. The SMILES string of the molecule is CCN(CCCN(C)C)S(=O)(=O)c1ccc(N)cc1C#N. The molecule has 0 unspecified atom stereocenters. The first-order valence-corrected chi connectivity index (χ1v) is 8.21. The number of anilines is 1. The second-order valence-electron chi connectivity index (χ2n) is 5.02. The average Bonchev–Trinajstić information content (AvgIpc) is 2.42. The van der Waals surface area contributed by atoms with Gasteiger partial charge in [0, 0.05) is 18.8 Å². The van der Waals surface area contributed by atoms with Crippen LogP contribution < -0.4 is 5.73 Å². The van der Waals surface area contributed by atoms with Crippen LogP contribution in [0.5, 0.6) is 0 Å². The normalized spacial score (nSPS) is 11.8. The zero-order valence-electron chi connectivity index (χ0n) is 12.7. The molecule has 0 atom stereocenters. The van der Waals surface area contributed by atoms with Crippen molar-refractivity contribution in [1.29, 1.82) is 5.26 Å². The lowest BCUT2D eigenvalue weighted by molar-refractivity contribution is 0.356. The number of nitrogens with two attached hydrogens (primary N) is 1. The number of nitrogens with zero attached hydrogens (tertiary/aromatic N) is 3. The standard InChI is InChI=1S/C14H22N4O2S/c1-4-18(9-5-8-17(2)3)21(19,20)14-7-6-13(16)10-12(14)11-15/h6-7,10H,4-5,8-9,16H2,1-3H3. The molecule has 0 saturated heterocycles. The highest BCUT2D eigenvalue weighted by atomic mass is 32.2. The summed E-state index contributed by atoms with van der Waals surface area (Å²) in [5, 5.41) is 9.11. The van der Waals surface area contributed by atoms with Crippen molar-refractivity contribution in [3.05, 3.63) is 23.8 Å². The van der Waals surface area contributed by atoms with E-state index in [4.69, 9.17) is 11.0 Å². The minimum atomic E-state index is -3.67. The quantitative estimate of drug-likeness (QED) is 0.762. The van der Waals surface area contributed by atoms with Crippen molar-refractivity contribution < 1.29 is 8.42 Å². The third-order valence-corrected chi connectivity index (χ3v) is 5.14. The van der Waals surface area contributed by atoms with E-state index in [1.54, 1.807) is 6.92 Å². The molecule has 116 valence electrons. The van der Waals surface area contributed by atoms with Crippen molar-refractivity contribution in [3.63, 3.8) is 0 Å². The fourth-order valence-electron chi connectivity index (χ4n) is 2.01. The lowest BCUT2D eigenvalue weighted by Crippen LogP contribution is -2.33. The van der Waals surface area contributed by atoms with Crippen molar-refractivity contribution in [2.45, 2.75) is 18.2 Å². The molecule has 1 rings (SSSR count). The van der Waals surface area contributed by atoms with E-state index in [2.05, 4.69) is 0 Å². The van der Waals surface area contributed by atoms with E-state index in [1.165, 1.54) is 22.5 Å². The van der Waals surface area contributed by atoms with Gasteiger partial charge in [0.15, 0.2) is 0 Å². The van der Waals surface area contributed by atoms with Crippen LogP contribution in [0, 0.1) is 11.3 Å². The molecule has 0 bridgehead atoms. The summed E-state index contributed by atoms with van der Waals surface area (Å²) in [6.45, 7) is 3.38. The number of hydrogen-bond acceptors (Lipinski definition) is 5. The number of sulfonamides is 1. The fourth-order valence-corrected chi connectivity index (χ4v) is 3.62. The van der Waals surface area contributed by atoms with Crippen LogP contribution in [0.4, 0.5) is 5.69 Å². The second-order valence-corrected chi connectivity index (χ2v) is 6.93. The van der Waals surface area contributed by atoms with Crippen LogP contribution in [0.25, 0.3) is 0 Å². The maximum absolute atomic E-state index is 12.7. The van der Waals surface area contributed by atoms with Gasteiger partial charge in [-0.2, -0.15) is 9.57 Å². The van der Waals surface area contributed by atoms with Crippen LogP contribution >= 0.6 is 0 Å². The van der Waals surface area contributed by atoms with Gasteiger partial charge in [-0.05, 0) is 45.3 Å². The number of benzene rings is 1. The van der Waals surface area contributed by atoms with E-state index in [0.717, 1.165) is 13.0 Å². The molecular formula is C14H22N4O2S. The van der Waals surface area contributed by atoms with Gasteiger partial charge in [0.05, 0.1) is 5.56 Å². The zero-order valence-corrected chi connectivity index (χ0v) is 13.5. The van der Waals surface area contributed by atoms with Gasteiger partial charge >= 0.3 is 0 Å². The van der Waals surface area contributed by atoms with Gasteiger partial charge in [-0.15, -0.1) is 0 Å². The van der Waals surface area contributed by atoms with Crippen molar-refractivity contribution in [2.24, 2.45) is 0 Å². The highest BCUT2D eigenvalue weighted by Crippen LogP contribution is 2.22. The summed E-state index contributed by atoms with van der Waals surface area (Å²) in [6.07, 6.45) is 0.733. The van der Waals surface area contributed by atoms with Crippen LogP contribution in [0.3, 0.4) is 0 Å². The van der Waals surface area contributed by atoms with E-state index in [9.17, 15) is 8.42 Å². The lowest BCUT2D eigenvalue weighted by Gasteiger charge is -2.22. The van der Waals surface area contributed by atoms with Crippen LogP contribution in [0.15, 0.2) is 23.1 Å². The Morgan fingerprint density at radius 1 is 1.29 bits per heavy atom. The van der Waals surface area contributed by atoms with Crippen LogP contribution in [0.2, 0.25) is 0 Å². The lowest BCUT2D eigenvalue weighted by atomic mass is 10.2. The Morgan fingerprint density at radius 2 is 1.95 bits per heavy atom. The summed E-state index contributed by atoms with van der Waals surface area (Å²) in [5.41, 5.74) is 6.06. The molecule has 0 aliphatic heterocycles. The summed E-state index contributed by atoms with van der Waals surface area (Å²) in [6, 6.07) is 6.19. The summed E-state index contributed by atoms with van der Waals surface area (Å²) >= 11 is 0. The molecule has 0 aliphatic rings. The molecule has 0 radical (unpaired) electrons. The van der Waals surface area contributed by atoms with E-state index in [0.29, 0.717) is 18.8 Å². The minimum Gasteiger partial charge on any atom is -0.399 e. The predicted octanol–water partition coefficient (Wildman–Crippen LogP) is 1.10. The zero-order chi connectivity index (χ0) is 16.0. The van der Waals surface area contributed by atoms with Gasteiger partial charge in [0.1, 0.15) is 11.0 Å². The van der Waals surface area contributed by atoms with Gasteiger partial charge in [-0.25, -0.2) is 8.42 Å². The third kappa shape index (κ3) is 4.43. The largest absolute Gasteiger partial charge is 0.399 e. The van der Waals surface area contributed by atoms with Crippen LogP contribution in [0.1, 0.15) is 18.9 Å². The highest BCUT2D eigenvalue weighted by Gasteiger charge is 2.25. The van der Waals surface area contributed by atoms with Crippen molar-refractivity contribution in [2.75, 3.05) is 39.5 Å². The third-order valence-electron chi connectivity index (χ3n) is 3.11. The van der Waals surface area contributed by atoms with Gasteiger partial charge in [-0.3, -0.25) is 0 Å². The maximum atomic E-state index is 12.7. The fraction of sp³-hybridized carbons (Fsp3) is 0.500. The summed E-state index contributed by atoms with van der Waals surface area (Å²) < 4.78 is 26.7. The Hall–Kier alpha value is -1.62. The first kappa shape index (κ1) is 17.4. The van der Waals surface area contributed by atoms with Gasteiger partial charge in [-0.1, -0.05) is 6.92 Å². The van der Waals surface area contributed by atoms with Gasteiger partial charge in [0.25, 0.3) is 0 Å². The molecule has 1 aromatic carbocycles. The monoisotopic (exact) mass is 310 g/mol. The molecule has 21 heavy (non-hydrogen) atoms. The Kier molecular flexibility index (Phi) is 6.15. The molecule has 0 aliphatic carbocycles. The molecule has 6 nitrogen and oxygen atoms in total. The molecule has 0 fully saturated rings. The maximum Gasteiger partial charge on any atom is 0.244 e. The summed E-state index contributed by atoms with van der Waals surface area (Å²) in [5.74, 6) is 0. The van der Waals surface area contributed by atoms with E-state index < -0.39 is 10.0 Å². The summed E-state index contributed by atoms with van der Waals surface area (Å²) in [4.78, 5) is 2.02. The minimum absolute atomic E-state index is 0.0194. The number of nitriles is 1. The van der Waals surface area contributed by atoms with Crippen LogP contribution in [-0.4, -0.2) is 51.4 Å².